The van der Waals surface area contributed by atoms with Gasteiger partial charge in [-0.15, -0.1) is 0 Å². The molecule has 29 heavy (non-hydrogen) atoms. The van der Waals surface area contributed by atoms with Gasteiger partial charge in [-0.1, -0.05) is 41.9 Å². The zero-order valence-corrected chi connectivity index (χ0v) is 17.1. The van der Waals surface area contributed by atoms with E-state index in [9.17, 15) is 0 Å². The summed E-state index contributed by atoms with van der Waals surface area (Å²) < 4.78 is 2.13. The predicted octanol–water partition coefficient (Wildman–Crippen LogP) is 4.95. The average molecular weight is 421 g/mol. The summed E-state index contributed by atoms with van der Waals surface area (Å²) in [5.41, 5.74) is 9.52. The van der Waals surface area contributed by atoms with Gasteiger partial charge in [-0.3, -0.25) is 4.31 Å². The van der Waals surface area contributed by atoms with Gasteiger partial charge in [0.1, 0.15) is 18.1 Å². The molecule has 8 heteroatoms. The van der Waals surface area contributed by atoms with E-state index in [-0.39, 0.29) is 17.4 Å². The molecule has 3 aromatic rings. The molecule has 0 fully saturated rings. The molecule has 2 heterocycles. The molecule has 0 saturated heterocycles. The summed E-state index contributed by atoms with van der Waals surface area (Å²) in [6.45, 7) is 2.02. The van der Waals surface area contributed by atoms with Crippen LogP contribution in [0.3, 0.4) is 0 Å². The van der Waals surface area contributed by atoms with Gasteiger partial charge in [0.15, 0.2) is 11.5 Å². The highest BCUT2D eigenvalue weighted by molar-refractivity contribution is 8.01. The monoisotopic (exact) mass is 420 g/mol. The molecule has 1 aromatic heterocycles. The van der Waals surface area contributed by atoms with Gasteiger partial charge < -0.3 is 11.1 Å². The Kier molecular flexibility index (Phi) is 5.30. The van der Waals surface area contributed by atoms with Crippen molar-refractivity contribution >= 4 is 46.8 Å². The number of anilines is 3. The van der Waals surface area contributed by atoms with E-state index in [0.717, 1.165) is 21.8 Å². The Morgan fingerprint density at radius 3 is 2.72 bits per heavy atom. The van der Waals surface area contributed by atoms with Gasteiger partial charge in [0.2, 0.25) is 0 Å². The van der Waals surface area contributed by atoms with Crippen LogP contribution in [0.5, 0.6) is 0 Å². The lowest BCUT2D eigenvalue weighted by Gasteiger charge is -2.34. The number of para-hydroxylation sites is 1. The molecular weight excluding hydrogens is 404 g/mol. The molecule has 1 unspecified atom stereocenters. The first-order valence-corrected chi connectivity index (χ1v) is 10.0. The molecule has 0 radical (unpaired) electrons. The van der Waals surface area contributed by atoms with Crippen molar-refractivity contribution in [3.63, 3.8) is 0 Å². The number of fused-ring (bicyclic) bond motifs is 1. The SMILES string of the molecule is CC(Nc1ncnc(C#N)c1N)C1=Cc2cccc(Cl)c2SN1c1ccccc1. The third-order valence-electron chi connectivity index (χ3n) is 4.50. The molecule has 1 atom stereocenters. The first kappa shape index (κ1) is 19.1. The third-order valence-corrected chi connectivity index (χ3v) is 6.16. The fourth-order valence-corrected chi connectivity index (χ4v) is 4.44. The normalized spacial score (nSPS) is 13.8. The van der Waals surface area contributed by atoms with Crippen molar-refractivity contribution in [2.24, 2.45) is 0 Å². The molecule has 0 spiro atoms. The number of hydrogen-bond acceptors (Lipinski definition) is 7. The van der Waals surface area contributed by atoms with E-state index < -0.39 is 0 Å². The summed E-state index contributed by atoms with van der Waals surface area (Å²) in [6.07, 6.45) is 3.43. The molecule has 0 aliphatic carbocycles. The number of nitrogens with one attached hydrogen (secondary N) is 1. The molecule has 4 rings (SSSR count). The average Bonchev–Trinajstić information content (AvgIpc) is 2.75. The predicted molar refractivity (Wildman–Crippen MR) is 118 cm³/mol. The minimum Gasteiger partial charge on any atom is -0.393 e. The van der Waals surface area contributed by atoms with Crippen LogP contribution >= 0.6 is 23.5 Å². The van der Waals surface area contributed by atoms with Crippen LogP contribution in [0.25, 0.3) is 6.08 Å². The second-order valence-corrected chi connectivity index (χ2v) is 7.77. The van der Waals surface area contributed by atoms with Crippen molar-refractivity contribution in [2.75, 3.05) is 15.4 Å². The molecule has 0 amide bonds. The highest BCUT2D eigenvalue weighted by Crippen LogP contribution is 2.44. The van der Waals surface area contributed by atoms with E-state index >= 15 is 0 Å². The summed E-state index contributed by atoms with van der Waals surface area (Å²) in [6, 6.07) is 17.8. The fourth-order valence-electron chi connectivity index (χ4n) is 3.04. The Balaban J connectivity index is 1.75. The molecular formula is C21H17ClN6S. The second kappa shape index (κ2) is 8.03. The summed E-state index contributed by atoms with van der Waals surface area (Å²) in [5.74, 6) is 0.430. The van der Waals surface area contributed by atoms with Crippen molar-refractivity contribution in [2.45, 2.75) is 17.9 Å². The van der Waals surface area contributed by atoms with Crippen LogP contribution in [-0.4, -0.2) is 16.0 Å². The van der Waals surface area contributed by atoms with Crippen molar-refractivity contribution in [3.8, 4) is 6.07 Å². The number of hydrogen-bond donors (Lipinski definition) is 2. The van der Waals surface area contributed by atoms with E-state index in [0.29, 0.717) is 10.8 Å². The van der Waals surface area contributed by atoms with E-state index in [1.165, 1.54) is 6.33 Å². The van der Waals surface area contributed by atoms with E-state index in [1.54, 1.807) is 11.9 Å². The van der Waals surface area contributed by atoms with E-state index in [1.807, 2.05) is 61.5 Å². The number of nitrogens with two attached hydrogens (primary N) is 1. The largest absolute Gasteiger partial charge is 0.393 e. The third kappa shape index (κ3) is 3.73. The first-order chi connectivity index (χ1) is 14.1. The number of nitrogen functional groups attached to an aromatic ring is 1. The minimum absolute atomic E-state index is 0.152. The van der Waals surface area contributed by atoms with Crippen molar-refractivity contribution < 1.29 is 0 Å². The lowest BCUT2D eigenvalue weighted by atomic mass is 10.1. The van der Waals surface area contributed by atoms with Crippen LogP contribution in [0, 0.1) is 11.3 Å². The number of nitrogens with zero attached hydrogens (tertiary/aromatic N) is 4. The Hall–Kier alpha value is -3.21. The van der Waals surface area contributed by atoms with Gasteiger partial charge in [0, 0.05) is 0 Å². The molecule has 3 N–H and O–H groups in total. The van der Waals surface area contributed by atoms with Gasteiger partial charge in [-0.2, -0.15) is 5.26 Å². The number of rotatable bonds is 4. The minimum atomic E-state index is -0.154. The van der Waals surface area contributed by atoms with Crippen LogP contribution < -0.4 is 15.4 Å². The molecule has 0 bridgehead atoms. The highest BCUT2D eigenvalue weighted by atomic mass is 35.5. The standard InChI is InChI=1S/C21H17ClN6S/c1-13(27-21-19(24)17(11-23)25-12-26-21)18-10-14-6-5-9-16(22)20(14)29-28(18)15-7-3-2-4-8-15/h2-10,12-13H,24H2,1H3,(H,25,26,27). The highest BCUT2D eigenvalue weighted by Gasteiger charge is 2.26. The van der Waals surface area contributed by atoms with Crippen LogP contribution in [0.4, 0.5) is 17.2 Å². The fraction of sp³-hybridized carbons (Fsp3) is 0.0952. The Morgan fingerprint density at radius 1 is 1.17 bits per heavy atom. The number of aromatic nitrogens is 2. The topological polar surface area (TPSA) is 90.9 Å². The number of nitriles is 1. The zero-order valence-electron chi connectivity index (χ0n) is 15.5. The van der Waals surface area contributed by atoms with Gasteiger partial charge in [0.25, 0.3) is 0 Å². The Morgan fingerprint density at radius 2 is 1.97 bits per heavy atom. The lowest BCUT2D eigenvalue weighted by Crippen LogP contribution is -2.30. The van der Waals surface area contributed by atoms with Gasteiger partial charge in [0.05, 0.1) is 27.3 Å². The van der Waals surface area contributed by atoms with Crippen LogP contribution in [0.2, 0.25) is 5.02 Å². The van der Waals surface area contributed by atoms with Crippen molar-refractivity contribution in [1.82, 2.24) is 9.97 Å². The number of halogens is 1. The molecule has 1 aliphatic rings. The summed E-state index contributed by atoms with van der Waals surface area (Å²) in [5, 5.41) is 13.2. The van der Waals surface area contributed by atoms with Crippen molar-refractivity contribution in [1.29, 1.82) is 5.26 Å². The molecule has 1 aliphatic heterocycles. The Bertz CT molecular complexity index is 1130. The van der Waals surface area contributed by atoms with Crippen LogP contribution in [0.15, 0.2) is 65.5 Å². The van der Waals surface area contributed by atoms with Crippen LogP contribution in [0.1, 0.15) is 18.2 Å². The van der Waals surface area contributed by atoms with Crippen molar-refractivity contribution in [3.05, 3.63) is 76.8 Å². The van der Waals surface area contributed by atoms with E-state index in [4.69, 9.17) is 22.6 Å². The van der Waals surface area contributed by atoms with Gasteiger partial charge in [-0.25, -0.2) is 9.97 Å². The molecule has 6 nitrogen and oxygen atoms in total. The lowest BCUT2D eigenvalue weighted by molar-refractivity contribution is 0.898. The molecule has 0 saturated carbocycles. The van der Waals surface area contributed by atoms with E-state index in [2.05, 4.69) is 25.7 Å². The first-order valence-electron chi connectivity index (χ1n) is 8.89. The van der Waals surface area contributed by atoms with Crippen LogP contribution in [-0.2, 0) is 0 Å². The molecule has 2 aromatic carbocycles. The van der Waals surface area contributed by atoms with Gasteiger partial charge >= 0.3 is 0 Å². The van der Waals surface area contributed by atoms with Gasteiger partial charge in [-0.05, 0) is 48.7 Å². The summed E-state index contributed by atoms with van der Waals surface area (Å²) >= 11 is 8.02. The summed E-state index contributed by atoms with van der Waals surface area (Å²) in [4.78, 5) is 9.11. The quantitative estimate of drug-likeness (QED) is 0.577. The molecule has 144 valence electrons. The number of benzene rings is 2. The maximum absolute atomic E-state index is 9.17. The Labute approximate surface area is 178 Å². The second-order valence-electron chi connectivity index (χ2n) is 6.41. The smallest absolute Gasteiger partial charge is 0.168 e. The maximum Gasteiger partial charge on any atom is 0.168 e. The summed E-state index contributed by atoms with van der Waals surface area (Å²) in [7, 11) is 0. The maximum atomic E-state index is 9.17. The zero-order chi connectivity index (χ0) is 20.4.